The summed E-state index contributed by atoms with van der Waals surface area (Å²) in [7, 11) is 0. The summed E-state index contributed by atoms with van der Waals surface area (Å²) in [4.78, 5) is 17.0. The molecular formula is C26H19ClN2O3. The molecule has 6 heteroatoms. The van der Waals surface area contributed by atoms with E-state index in [1.54, 1.807) is 36.4 Å². The van der Waals surface area contributed by atoms with Crippen LogP contribution in [0, 0.1) is 6.92 Å². The smallest absolute Gasteiger partial charge is 0.262 e. The fourth-order valence-corrected chi connectivity index (χ4v) is 3.70. The van der Waals surface area contributed by atoms with Gasteiger partial charge in [0.05, 0.1) is 0 Å². The number of halogens is 1. The largest absolute Gasteiger partial charge is 0.484 e. The Hall–Kier alpha value is -3.83. The topological polar surface area (TPSA) is 64.4 Å². The van der Waals surface area contributed by atoms with E-state index in [4.69, 9.17) is 20.8 Å². The maximum atomic E-state index is 12.3. The Morgan fingerprint density at radius 1 is 1.03 bits per heavy atom. The molecule has 32 heavy (non-hydrogen) atoms. The number of carbonyl (C=O) groups is 1. The van der Waals surface area contributed by atoms with Crippen molar-refractivity contribution in [3.63, 3.8) is 0 Å². The molecule has 0 bridgehead atoms. The Labute approximate surface area is 189 Å². The van der Waals surface area contributed by atoms with Gasteiger partial charge in [0.15, 0.2) is 12.2 Å². The third-order valence-electron chi connectivity index (χ3n) is 5.19. The number of carbonyl (C=O) groups excluding carboxylic acids is 1. The molecule has 0 saturated carbocycles. The lowest BCUT2D eigenvalue weighted by molar-refractivity contribution is -0.118. The Kier molecular flexibility index (Phi) is 5.25. The molecule has 0 unspecified atom stereocenters. The van der Waals surface area contributed by atoms with Crippen LogP contribution < -0.4 is 10.1 Å². The molecule has 5 rings (SSSR count). The Morgan fingerprint density at radius 2 is 1.88 bits per heavy atom. The second-order valence-electron chi connectivity index (χ2n) is 7.48. The van der Waals surface area contributed by atoms with Gasteiger partial charge in [-0.2, -0.15) is 0 Å². The van der Waals surface area contributed by atoms with Gasteiger partial charge in [-0.1, -0.05) is 48.0 Å². The van der Waals surface area contributed by atoms with Crippen molar-refractivity contribution in [3.8, 4) is 17.2 Å². The van der Waals surface area contributed by atoms with E-state index in [0.29, 0.717) is 33.4 Å². The minimum absolute atomic E-state index is 0.112. The number of nitrogens with one attached hydrogen (secondary N) is 1. The summed E-state index contributed by atoms with van der Waals surface area (Å²) in [5, 5.41) is 5.69. The lowest BCUT2D eigenvalue weighted by Gasteiger charge is -2.08. The molecule has 1 N–H and O–H groups in total. The van der Waals surface area contributed by atoms with Gasteiger partial charge in [-0.15, -0.1) is 0 Å². The highest BCUT2D eigenvalue weighted by Crippen LogP contribution is 2.31. The average molecular weight is 443 g/mol. The van der Waals surface area contributed by atoms with Crippen molar-refractivity contribution in [3.05, 3.63) is 89.4 Å². The van der Waals surface area contributed by atoms with Gasteiger partial charge in [-0.05, 0) is 65.7 Å². The monoisotopic (exact) mass is 442 g/mol. The van der Waals surface area contributed by atoms with Crippen LogP contribution in [0.1, 0.15) is 5.56 Å². The van der Waals surface area contributed by atoms with Crippen molar-refractivity contribution in [1.82, 2.24) is 4.98 Å². The molecule has 4 aromatic carbocycles. The molecule has 0 aliphatic carbocycles. The summed E-state index contributed by atoms with van der Waals surface area (Å²) in [6.07, 6.45) is 0. The molecule has 158 valence electrons. The quantitative estimate of drug-likeness (QED) is 0.332. The number of nitrogens with zero attached hydrogens (tertiary/aromatic N) is 1. The number of amides is 1. The van der Waals surface area contributed by atoms with Crippen molar-refractivity contribution >= 4 is 45.1 Å². The summed E-state index contributed by atoms with van der Waals surface area (Å²) in [6, 6.07) is 24.8. The number of hydrogen-bond acceptors (Lipinski definition) is 4. The maximum Gasteiger partial charge on any atom is 0.262 e. The normalized spacial score (nSPS) is 11.1. The second kappa shape index (κ2) is 8.36. The molecule has 0 aliphatic heterocycles. The summed E-state index contributed by atoms with van der Waals surface area (Å²) in [5.74, 6) is 0.866. The first-order valence-corrected chi connectivity index (χ1v) is 10.5. The minimum atomic E-state index is -0.269. The minimum Gasteiger partial charge on any atom is -0.484 e. The summed E-state index contributed by atoms with van der Waals surface area (Å²) >= 11 is 6.02. The number of hydrogen-bond donors (Lipinski definition) is 1. The van der Waals surface area contributed by atoms with Gasteiger partial charge >= 0.3 is 0 Å². The number of oxazole rings is 1. The first-order valence-electron chi connectivity index (χ1n) is 10.1. The molecule has 0 saturated heterocycles. The standard InChI is InChI=1S/C26H19ClN2O3/c1-16-13-19(10-11-22(16)27)31-15-25(30)28-18-9-12-24-23(14-18)29-26(32-24)21-8-4-6-17-5-2-3-7-20(17)21/h2-14H,15H2,1H3,(H,28,30). The van der Waals surface area contributed by atoms with Crippen molar-refractivity contribution in [2.75, 3.05) is 11.9 Å². The van der Waals surface area contributed by atoms with E-state index in [2.05, 4.69) is 22.4 Å². The fourth-order valence-electron chi connectivity index (χ4n) is 3.59. The number of ether oxygens (including phenoxy) is 1. The molecule has 0 spiro atoms. The number of aryl methyl sites for hydroxylation is 1. The first-order chi connectivity index (χ1) is 15.6. The molecule has 0 fully saturated rings. The zero-order valence-corrected chi connectivity index (χ0v) is 18.0. The Morgan fingerprint density at radius 3 is 2.75 bits per heavy atom. The number of aromatic nitrogens is 1. The van der Waals surface area contributed by atoms with Crippen LogP contribution in [0.4, 0.5) is 5.69 Å². The number of anilines is 1. The number of benzene rings is 4. The molecule has 0 atom stereocenters. The van der Waals surface area contributed by atoms with Crippen LogP contribution in [-0.2, 0) is 4.79 Å². The zero-order valence-electron chi connectivity index (χ0n) is 17.3. The van der Waals surface area contributed by atoms with E-state index >= 15 is 0 Å². The highest BCUT2D eigenvalue weighted by atomic mass is 35.5. The van der Waals surface area contributed by atoms with Crippen molar-refractivity contribution < 1.29 is 13.9 Å². The second-order valence-corrected chi connectivity index (χ2v) is 7.88. The van der Waals surface area contributed by atoms with Gasteiger partial charge in [0.25, 0.3) is 5.91 Å². The highest BCUT2D eigenvalue weighted by molar-refractivity contribution is 6.31. The van der Waals surface area contributed by atoms with E-state index in [0.717, 1.165) is 21.9 Å². The van der Waals surface area contributed by atoms with Gasteiger partial charge in [0, 0.05) is 16.3 Å². The lowest BCUT2D eigenvalue weighted by atomic mass is 10.0. The van der Waals surface area contributed by atoms with Crippen LogP contribution >= 0.6 is 11.6 Å². The van der Waals surface area contributed by atoms with Gasteiger partial charge in [0.1, 0.15) is 11.3 Å². The van der Waals surface area contributed by atoms with Crippen LogP contribution in [0.5, 0.6) is 5.75 Å². The maximum absolute atomic E-state index is 12.3. The molecule has 1 aromatic heterocycles. The van der Waals surface area contributed by atoms with Crippen LogP contribution in [0.2, 0.25) is 5.02 Å². The highest BCUT2D eigenvalue weighted by Gasteiger charge is 2.13. The molecule has 5 nitrogen and oxygen atoms in total. The fraction of sp³-hybridized carbons (Fsp3) is 0.0769. The average Bonchev–Trinajstić information content (AvgIpc) is 3.23. The van der Waals surface area contributed by atoms with Crippen molar-refractivity contribution in [1.29, 1.82) is 0 Å². The van der Waals surface area contributed by atoms with Gasteiger partial charge < -0.3 is 14.5 Å². The zero-order chi connectivity index (χ0) is 22.1. The number of fused-ring (bicyclic) bond motifs is 2. The van der Waals surface area contributed by atoms with E-state index in [1.807, 2.05) is 37.3 Å². The predicted molar refractivity (Wildman–Crippen MR) is 127 cm³/mol. The van der Waals surface area contributed by atoms with Crippen LogP contribution in [0.25, 0.3) is 33.3 Å². The molecule has 1 heterocycles. The van der Waals surface area contributed by atoms with E-state index < -0.39 is 0 Å². The van der Waals surface area contributed by atoms with Crippen LogP contribution in [0.3, 0.4) is 0 Å². The molecular weight excluding hydrogens is 424 g/mol. The van der Waals surface area contributed by atoms with Crippen molar-refractivity contribution in [2.24, 2.45) is 0 Å². The van der Waals surface area contributed by atoms with Crippen molar-refractivity contribution in [2.45, 2.75) is 6.92 Å². The summed E-state index contributed by atoms with van der Waals surface area (Å²) in [6.45, 7) is 1.77. The molecule has 1 amide bonds. The van der Waals surface area contributed by atoms with E-state index in [-0.39, 0.29) is 12.5 Å². The summed E-state index contributed by atoms with van der Waals surface area (Å²) < 4.78 is 11.6. The molecule has 0 radical (unpaired) electrons. The van der Waals surface area contributed by atoms with E-state index in [9.17, 15) is 4.79 Å². The van der Waals surface area contributed by atoms with Crippen LogP contribution in [0.15, 0.2) is 83.3 Å². The summed E-state index contributed by atoms with van der Waals surface area (Å²) in [5.41, 5.74) is 3.76. The van der Waals surface area contributed by atoms with Crippen LogP contribution in [-0.4, -0.2) is 17.5 Å². The van der Waals surface area contributed by atoms with Gasteiger partial charge in [-0.3, -0.25) is 4.79 Å². The van der Waals surface area contributed by atoms with Gasteiger partial charge in [-0.25, -0.2) is 4.98 Å². The predicted octanol–water partition coefficient (Wildman–Crippen LogP) is 6.63. The Bertz CT molecular complexity index is 1450. The third kappa shape index (κ3) is 4.03. The molecule has 5 aromatic rings. The Balaban J connectivity index is 1.33. The first kappa shape index (κ1) is 20.1. The SMILES string of the molecule is Cc1cc(OCC(=O)Nc2ccc3oc(-c4cccc5ccccc45)nc3c2)ccc1Cl. The third-order valence-corrected chi connectivity index (χ3v) is 5.61. The van der Waals surface area contributed by atoms with Gasteiger partial charge in [0.2, 0.25) is 5.89 Å². The van der Waals surface area contributed by atoms with E-state index in [1.165, 1.54) is 0 Å². The molecule has 0 aliphatic rings. The number of rotatable bonds is 5. The lowest BCUT2D eigenvalue weighted by Crippen LogP contribution is -2.20.